The number of nitrogens with zero attached hydrogens (tertiary/aromatic N) is 3. The third kappa shape index (κ3) is 4.55. The molecule has 0 bridgehead atoms. The summed E-state index contributed by atoms with van der Waals surface area (Å²) in [6.45, 7) is 4.41. The fraction of sp³-hybridized carbons (Fsp3) is 0.269. The van der Waals surface area contributed by atoms with Gasteiger partial charge in [-0.05, 0) is 50.6 Å². The van der Waals surface area contributed by atoms with Crippen molar-refractivity contribution in [1.29, 1.82) is 0 Å². The molecule has 1 fully saturated rings. The van der Waals surface area contributed by atoms with Gasteiger partial charge in [0.25, 0.3) is 0 Å². The lowest BCUT2D eigenvalue weighted by molar-refractivity contribution is -0.121. The van der Waals surface area contributed by atoms with Gasteiger partial charge in [-0.25, -0.2) is 9.97 Å². The molecule has 1 unspecified atom stereocenters. The van der Waals surface area contributed by atoms with Gasteiger partial charge in [0.2, 0.25) is 5.91 Å². The summed E-state index contributed by atoms with van der Waals surface area (Å²) in [6, 6.07) is 18.4. The highest BCUT2D eigenvalue weighted by molar-refractivity contribution is 5.94. The molecule has 2 N–H and O–H groups in total. The Morgan fingerprint density at radius 2 is 1.97 bits per heavy atom. The Balaban J connectivity index is 1.25. The van der Waals surface area contributed by atoms with Crippen LogP contribution in [0, 0.1) is 12.8 Å². The number of carbonyl (C=O) groups excluding carboxylic acids is 1. The third-order valence-electron chi connectivity index (χ3n) is 6.09. The molecule has 5 rings (SSSR count). The number of para-hydroxylation sites is 1. The Hall–Kier alpha value is -3.51. The van der Waals surface area contributed by atoms with E-state index in [0.29, 0.717) is 0 Å². The summed E-state index contributed by atoms with van der Waals surface area (Å²) in [6.07, 6.45) is 5.68. The Morgan fingerprint density at radius 3 is 2.81 bits per heavy atom. The Morgan fingerprint density at radius 1 is 1.12 bits per heavy atom. The van der Waals surface area contributed by atoms with Crippen molar-refractivity contribution in [2.45, 2.75) is 26.3 Å². The predicted molar refractivity (Wildman–Crippen MR) is 127 cm³/mol. The maximum absolute atomic E-state index is 13.0. The maximum atomic E-state index is 13.0. The molecule has 6 nitrogen and oxygen atoms in total. The molecule has 2 aromatic carbocycles. The van der Waals surface area contributed by atoms with E-state index in [1.807, 2.05) is 49.6 Å². The molecule has 32 heavy (non-hydrogen) atoms. The first-order valence-corrected chi connectivity index (χ1v) is 11.1. The molecule has 0 aliphatic carbocycles. The summed E-state index contributed by atoms with van der Waals surface area (Å²) in [5.41, 5.74) is 5.13. The van der Waals surface area contributed by atoms with Crippen LogP contribution in [0.1, 0.15) is 24.2 Å². The standard InChI is InChI=1S/C26H27N5O/c1-18-27-14-19(15-28-18)16-31-11-5-8-22(17-31)26(32)29-23-9-4-7-20(12-23)25-13-21-6-2-3-10-24(21)30-25/h2-4,6-7,9-10,12-15,22,30H,5,8,11,16-17H2,1H3,(H,29,32). The molecule has 1 atom stereocenters. The number of aromatic nitrogens is 3. The normalized spacial score (nSPS) is 16.8. The number of aryl methyl sites for hydroxylation is 1. The molecule has 1 amide bonds. The highest BCUT2D eigenvalue weighted by Crippen LogP contribution is 2.27. The molecule has 1 aliphatic rings. The van der Waals surface area contributed by atoms with Crippen LogP contribution in [0.3, 0.4) is 0 Å². The van der Waals surface area contributed by atoms with Crippen LogP contribution in [0.2, 0.25) is 0 Å². The highest BCUT2D eigenvalue weighted by atomic mass is 16.1. The fourth-order valence-corrected chi connectivity index (χ4v) is 4.41. The molecular formula is C26H27N5O. The highest BCUT2D eigenvalue weighted by Gasteiger charge is 2.26. The van der Waals surface area contributed by atoms with Crippen molar-refractivity contribution in [2.24, 2.45) is 5.92 Å². The van der Waals surface area contributed by atoms with E-state index in [0.717, 1.165) is 66.3 Å². The fourth-order valence-electron chi connectivity index (χ4n) is 4.41. The second kappa shape index (κ2) is 8.93. The number of likely N-dealkylation sites (tertiary alicyclic amines) is 1. The van der Waals surface area contributed by atoms with Crippen molar-refractivity contribution in [3.8, 4) is 11.3 Å². The number of H-pyrrole nitrogens is 1. The third-order valence-corrected chi connectivity index (χ3v) is 6.09. The number of anilines is 1. The van der Waals surface area contributed by atoms with Gasteiger partial charge in [-0.15, -0.1) is 0 Å². The van der Waals surface area contributed by atoms with Crippen LogP contribution in [-0.2, 0) is 11.3 Å². The first-order chi connectivity index (χ1) is 15.6. The van der Waals surface area contributed by atoms with E-state index in [-0.39, 0.29) is 11.8 Å². The lowest BCUT2D eigenvalue weighted by Gasteiger charge is -2.31. The minimum atomic E-state index is -0.0214. The smallest absolute Gasteiger partial charge is 0.228 e. The predicted octanol–water partition coefficient (Wildman–Crippen LogP) is 4.78. The van der Waals surface area contributed by atoms with E-state index >= 15 is 0 Å². The summed E-state index contributed by atoms with van der Waals surface area (Å²) in [7, 11) is 0. The van der Waals surface area contributed by atoms with Gasteiger partial charge >= 0.3 is 0 Å². The number of carbonyl (C=O) groups is 1. The van der Waals surface area contributed by atoms with Crippen molar-refractivity contribution in [1.82, 2.24) is 19.9 Å². The lowest BCUT2D eigenvalue weighted by Crippen LogP contribution is -2.40. The monoisotopic (exact) mass is 425 g/mol. The number of aromatic amines is 1. The van der Waals surface area contributed by atoms with Gasteiger partial charge in [0.15, 0.2) is 0 Å². The number of piperidine rings is 1. The zero-order valence-corrected chi connectivity index (χ0v) is 18.2. The Bertz CT molecular complexity index is 1200. The number of amides is 1. The molecule has 0 spiro atoms. The average molecular weight is 426 g/mol. The van der Waals surface area contributed by atoms with Gasteiger partial charge in [-0.3, -0.25) is 9.69 Å². The number of nitrogens with one attached hydrogen (secondary N) is 2. The van der Waals surface area contributed by atoms with Crippen molar-refractivity contribution in [3.05, 3.63) is 78.4 Å². The van der Waals surface area contributed by atoms with Crippen molar-refractivity contribution in [3.63, 3.8) is 0 Å². The van der Waals surface area contributed by atoms with Crippen LogP contribution in [0.4, 0.5) is 5.69 Å². The van der Waals surface area contributed by atoms with E-state index in [2.05, 4.69) is 49.4 Å². The molecule has 2 aromatic heterocycles. The van der Waals surface area contributed by atoms with E-state index in [4.69, 9.17) is 0 Å². The Labute approximate surface area is 187 Å². The SMILES string of the molecule is Cc1ncc(CN2CCCC(C(=O)Nc3cccc(-c4cc5ccccc5[nH]4)c3)C2)cn1. The number of hydrogen-bond donors (Lipinski definition) is 2. The largest absolute Gasteiger partial charge is 0.355 e. The summed E-state index contributed by atoms with van der Waals surface area (Å²) in [5, 5.41) is 4.32. The molecule has 162 valence electrons. The number of hydrogen-bond acceptors (Lipinski definition) is 4. The topological polar surface area (TPSA) is 73.9 Å². The van der Waals surface area contributed by atoms with Gasteiger partial charge in [0, 0.05) is 58.9 Å². The summed E-state index contributed by atoms with van der Waals surface area (Å²) < 4.78 is 0. The Kier molecular flexibility index (Phi) is 5.69. The lowest BCUT2D eigenvalue weighted by atomic mass is 9.96. The van der Waals surface area contributed by atoms with Crippen molar-refractivity contribution in [2.75, 3.05) is 18.4 Å². The molecule has 4 aromatic rings. The first kappa shape index (κ1) is 20.4. The minimum Gasteiger partial charge on any atom is -0.355 e. The van der Waals surface area contributed by atoms with Gasteiger partial charge < -0.3 is 10.3 Å². The van der Waals surface area contributed by atoms with E-state index < -0.39 is 0 Å². The summed E-state index contributed by atoms with van der Waals surface area (Å²) in [5.74, 6) is 0.842. The van der Waals surface area contributed by atoms with E-state index in [1.54, 1.807) is 0 Å². The van der Waals surface area contributed by atoms with E-state index in [9.17, 15) is 4.79 Å². The first-order valence-electron chi connectivity index (χ1n) is 11.1. The number of fused-ring (bicyclic) bond motifs is 1. The summed E-state index contributed by atoms with van der Waals surface area (Å²) >= 11 is 0. The average Bonchev–Trinajstić information content (AvgIpc) is 3.25. The van der Waals surface area contributed by atoms with Gasteiger partial charge in [-0.2, -0.15) is 0 Å². The van der Waals surface area contributed by atoms with Crippen LogP contribution in [-0.4, -0.2) is 38.8 Å². The van der Waals surface area contributed by atoms with Gasteiger partial charge in [-0.1, -0.05) is 30.3 Å². The number of rotatable bonds is 5. The molecule has 6 heteroatoms. The second-order valence-electron chi connectivity index (χ2n) is 8.55. The second-order valence-corrected chi connectivity index (χ2v) is 8.55. The summed E-state index contributed by atoms with van der Waals surface area (Å²) in [4.78, 5) is 27.4. The van der Waals surface area contributed by atoms with Crippen LogP contribution in [0.15, 0.2) is 67.0 Å². The van der Waals surface area contributed by atoms with Crippen molar-refractivity contribution < 1.29 is 4.79 Å². The van der Waals surface area contributed by atoms with Crippen molar-refractivity contribution >= 4 is 22.5 Å². The van der Waals surface area contributed by atoms with Crippen LogP contribution in [0.25, 0.3) is 22.2 Å². The maximum Gasteiger partial charge on any atom is 0.228 e. The van der Waals surface area contributed by atoms with Gasteiger partial charge in [0.05, 0.1) is 5.92 Å². The molecule has 3 heterocycles. The molecule has 1 aliphatic heterocycles. The molecule has 0 radical (unpaired) electrons. The van der Waals surface area contributed by atoms with Gasteiger partial charge in [0.1, 0.15) is 5.82 Å². The minimum absolute atomic E-state index is 0.0214. The quantitative estimate of drug-likeness (QED) is 0.482. The zero-order valence-electron chi connectivity index (χ0n) is 18.2. The molecule has 1 saturated heterocycles. The van der Waals surface area contributed by atoms with E-state index in [1.165, 1.54) is 5.39 Å². The van der Waals surface area contributed by atoms with Crippen LogP contribution < -0.4 is 5.32 Å². The molecular weight excluding hydrogens is 398 g/mol. The zero-order chi connectivity index (χ0) is 21.9. The number of benzene rings is 2. The molecule has 0 saturated carbocycles. The van der Waals surface area contributed by atoms with Crippen LogP contribution in [0.5, 0.6) is 0 Å². The van der Waals surface area contributed by atoms with Crippen LogP contribution >= 0.6 is 0 Å².